The van der Waals surface area contributed by atoms with E-state index < -0.39 is 10.0 Å². The SMILES string of the molecule is CC(NC(=O)C1CCN(S(=O)(=O)c2cccnc2Cl)CC1)c1cccnc1. The first-order valence-corrected chi connectivity index (χ1v) is 10.5. The molecule has 1 unspecified atom stereocenters. The lowest BCUT2D eigenvalue weighted by atomic mass is 9.96. The summed E-state index contributed by atoms with van der Waals surface area (Å²) in [6.45, 7) is 2.44. The molecular weight excluding hydrogens is 388 g/mol. The van der Waals surface area contributed by atoms with E-state index in [9.17, 15) is 13.2 Å². The zero-order valence-electron chi connectivity index (χ0n) is 14.9. The molecule has 0 saturated carbocycles. The lowest BCUT2D eigenvalue weighted by Crippen LogP contribution is -2.43. The molecule has 0 radical (unpaired) electrons. The smallest absolute Gasteiger partial charge is 0.246 e. The summed E-state index contributed by atoms with van der Waals surface area (Å²) in [6.07, 6.45) is 5.77. The van der Waals surface area contributed by atoms with E-state index in [0.717, 1.165) is 5.56 Å². The third-order valence-electron chi connectivity index (χ3n) is 4.71. The van der Waals surface area contributed by atoms with Crippen LogP contribution >= 0.6 is 11.6 Å². The van der Waals surface area contributed by atoms with Crippen molar-refractivity contribution in [3.63, 3.8) is 0 Å². The molecule has 1 aliphatic rings. The van der Waals surface area contributed by atoms with E-state index in [2.05, 4.69) is 15.3 Å². The number of nitrogens with zero attached hydrogens (tertiary/aromatic N) is 3. The van der Waals surface area contributed by atoms with Crippen LogP contribution in [0.5, 0.6) is 0 Å². The predicted octanol–water partition coefficient (Wildman–Crippen LogP) is 2.41. The van der Waals surface area contributed by atoms with Gasteiger partial charge in [0.2, 0.25) is 15.9 Å². The van der Waals surface area contributed by atoms with Crippen molar-refractivity contribution in [3.8, 4) is 0 Å². The maximum atomic E-state index is 12.7. The van der Waals surface area contributed by atoms with Crippen LogP contribution in [0.2, 0.25) is 5.15 Å². The molecule has 7 nitrogen and oxygen atoms in total. The molecule has 1 amide bonds. The van der Waals surface area contributed by atoms with Crippen molar-refractivity contribution in [3.05, 3.63) is 53.6 Å². The van der Waals surface area contributed by atoms with E-state index in [1.54, 1.807) is 18.5 Å². The van der Waals surface area contributed by atoms with Crippen LogP contribution in [0.3, 0.4) is 0 Å². The van der Waals surface area contributed by atoms with Crippen molar-refractivity contribution in [2.75, 3.05) is 13.1 Å². The van der Waals surface area contributed by atoms with E-state index in [4.69, 9.17) is 11.6 Å². The summed E-state index contributed by atoms with van der Waals surface area (Å²) in [5, 5.41) is 2.94. The van der Waals surface area contributed by atoms with E-state index in [0.29, 0.717) is 12.8 Å². The van der Waals surface area contributed by atoms with Gasteiger partial charge in [0, 0.05) is 37.6 Å². The number of amides is 1. The third-order valence-corrected chi connectivity index (χ3v) is 7.05. The molecule has 1 aliphatic heterocycles. The molecule has 27 heavy (non-hydrogen) atoms. The van der Waals surface area contributed by atoms with E-state index in [1.165, 1.54) is 16.6 Å². The second kappa shape index (κ2) is 8.33. The van der Waals surface area contributed by atoms with Gasteiger partial charge in [-0.25, -0.2) is 13.4 Å². The molecule has 0 aliphatic carbocycles. The first-order chi connectivity index (χ1) is 12.9. The maximum absolute atomic E-state index is 12.7. The topological polar surface area (TPSA) is 92.3 Å². The maximum Gasteiger partial charge on any atom is 0.246 e. The van der Waals surface area contributed by atoms with Crippen molar-refractivity contribution >= 4 is 27.5 Å². The molecule has 1 saturated heterocycles. The number of pyridine rings is 2. The van der Waals surface area contributed by atoms with Gasteiger partial charge in [0.05, 0.1) is 6.04 Å². The van der Waals surface area contributed by atoms with Crippen LogP contribution in [0.15, 0.2) is 47.8 Å². The van der Waals surface area contributed by atoms with Crippen molar-refractivity contribution in [1.29, 1.82) is 0 Å². The largest absolute Gasteiger partial charge is 0.349 e. The minimum absolute atomic E-state index is 0.000215. The summed E-state index contributed by atoms with van der Waals surface area (Å²) < 4.78 is 26.8. The Kier molecular flexibility index (Phi) is 6.08. The summed E-state index contributed by atoms with van der Waals surface area (Å²) in [7, 11) is -3.71. The third kappa shape index (κ3) is 4.45. The Hall–Kier alpha value is -2.03. The van der Waals surface area contributed by atoms with Crippen LogP contribution in [0.25, 0.3) is 0 Å². The van der Waals surface area contributed by atoms with Crippen molar-refractivity contribution in [2.45, 2.75) is 30.7 Å². The van der Waals surface area contributed by atoms with Crippen LogP contribution in [0.4, 0.5) is 0 Å². The first kappa shape index (κ1) is 19.7. The monoisotopic (exact) mass is 408 g/mol. The highest BCUT2D eigenvalue weighted by atomic mass is 35.5. The van der Waals surface area contributed by atoms with Gasteiger partial charge < -0.3 is 5.32 Å². The normalized spacial score (nSPS) is 17.4. The number of rotatable bonds is 5. The molecule has 0 bridgehead atoms. The lowest BCUT2D eigenvalue weighted by Gasteiger charge is -2.31. The molecule has 2 aromatic heterocycles. The molecule has 3 rings (SSSR count). The fourth-order valence-electron chi connectivity index (χ4n) is 3.11. The number of piperidine rings is 1. The minimum Gasteiger partial charge on any atom is -0.349 e. The fourth-order valence-corrected chi connectivity index (χ4v) is 5.01. The van der Waals surface area contributed by atoms with Gasteiger partial charge in [-0.05, 0) is 43.5 Å². The average Bonchev–Trinajstić information content (AvgIpc) is 2.69. The van der Waals surface area contributed by atoms with Gasteiger partial charge in [-0.15, -0.1) is 0 Å². The standard InChI is InChI=1S/C18H21ClN4O3S/c1-13(15-4-2-8-20-12-15)22-18(24)14-6-10-23(11-7-14)27(25,26)16-5-3-9-21-17(16)19/h2-5,8-9,12-14H,6-7,10-11H2,1H3,(H,22,24). The number of nitrogens with one attached hydrogen (secondary N) is 1. The van der Waals surface area contributed by atoms with Crippen molar-refractivity contribution in [2.24, 2.45) is 5.92 Å². The Balaban J connectivity index is 1.60. The Morgan fingerprint density at radius 1 is 1.26 bits per heavy atom. The van der Waals surface area contributed by atoms with Gasteiger partial charge in [0.15, 0.2) is 0 Å². The number of hydrogen-bond acceptors (Lipinski definition) is 5. The molecular formula is C18H21ClN4O3S. The quantitative estimate of drug-likeness (QED) is 0.767. The number of sulfonamides is 1. The molecule has 3 heterocycles. The number of carbonyl (C=O) groups is 1. The summed E-state index contributed by atoms with van der Waals surface area (Å²) in [5.41, 5.74) is 0.928. The average molecular weight is 409 g/mol. The Labute approximate surface area is 163 Å². The van der Waals surface area contributed by atoms with E-state index in [-0.39, 0.29) is 41.0 Å². The summed E-state index contributed by atoms with van der Waals surface area (Å²) in [4.78, 5) is 20.4. The fraction of sp³-hybridized carbons (Fsp3) is 0.389. The van der Waals surface area contributed by atoms with Crippen molar-refractivity contribution in [1.82, 2.24) is 19.6 Å². The molecule has 9 heteroatoms. The van der Waals surface area contributed by atoms with Gasteiger partial charge in [-0.3, -0.25) is 9.78 Å². The highest BCUT2D eigenvalue weighted by Crippen LogP contribution is 2.27. The van der Waals surface area contributed by atoms with Crippen LogP contribution in [0, 0.1) is 5.92 Å². The van der Waals surface area contributed by atoms with Gasteiger partial charge in [-0.1, -0.05) is 17.7 Å². The summed E-state index contributed by atoms with van der Waals surface area (Å²) in [5.74, 6) is -0.289. The number of hydrogen-bond donors (Lipinski definition) is 1. The van der Waals surface area contributed by atoms with Crippen LogP contribution in [-0.2, 0) is 14.8 Å². The van der Waals surface area contributed by atoms with Gasteiger partial charge in [0.25, 0.3) is 0 Å². The highest BCUT2D eigenvalue weighted by Gasteiger charge is 2.33. The Bertz CT molecular complexity index is 900. The van der Waals surface area contributed by atoms with Crippen LogP contribution < -0.4 is 5.32 Å². The van der Waals surface area contributed by atoms with Crippen molar-refractivity contribution < 1.29 is 13.2 Å². The molecule has 1 N–H and O–H groups in total. The zero-order chi connectivity index (χ0) is 19.4. The first-order valence-electron chi connectivity index (χ1n) is 8.70. The predicted molar refractivity (Wildman–Crippen MR) is 102 cm³/mol. The molecule has 1 atom stereocenters. The summed E-state index contributed by atoms with van der Waals surface area (Å²) in [6, 6.07) is 6.56. The molecule has 0 spiro atoms. The second-order valence-electron chi connectivity index (χ2n) is 6.49. The van der Waals surface area contributed by atoms with Crippen LogP contribution in [0.1, 0.15) is 31.4 Å². The number of halogens is 1. The Morgan fingerprint density at radius 2 is 1.96 bits per heavy atom. The molecule has 2 aromatic rings. The second-order valence-corrected chi connectivity index (χ2v) is 8.75. The Morgan fingerprint density at radius 3 is 2.59 bits per heavy atom. The number of aromatic nitrogens is 2. The van der Waals surface area contributed by atoms with Gasteiger partial charge in [0.1, 0.15) is 10.0 Å². The molecule has 144 valence electrons. The zero-order valence-corrected chi connectivity index (χ0v) is 16.4. The summed E-state index contributed by atoms with van der Waals surface area (Å²) >= 11 is 5.94. The minimum atomic E-state index is -3.71. The highest BCUT2D eigenvalue weighted by molar-refractivity contribution is 7.89. The number of carbonyl (C=O) groups excluding carboxylic acids is 1. The van der Waals surface area contributed by atoms with E-state index in [1.807, 2.05) is 19.1 Å². The van der Waals surface area contributed by atoms with Crippen LogP contribution in [-0.4, -0.2) is 41.7 Å². The molecule has 0 aromatic carbocycles. The lowest BCUT2D eigenvalue weighted by molar-refractivity contribution is -0.126. The van der Waals surface area contributed by atoms with Gasteiger partial charge >= 0.3 is 0 Å². The molecule has 1 fully saturated rings. The van der Waals surface area contributed by atoms with Gasteiger partial charge in [-0.2, -0.15) is 4.31 Å². The van der Waals surface area contributed by atoms with E-state index >= 15 is 0 Å².